The average Bonchev–Trinajstić information content (AvgIpc) is 1.92. The van der Waals surface area contributed by atoms with Gasteiger partial charge in [-0.15, -0.1) is 0 Å². The van der Waals surface area contributed by atoms with E-state index < -0.39 is 17.4 Å². The van der Waals surface area contributed by atoms with Crippen LogP contribution in [0.5, 0.6) is 0 Å². The number of hydrogen-bond acceptors (Lipinski definition) is 2. The summed E-state index contributed by atoms with van der Waals surface area (Å²) in [6.07, 6.45) is 1.11. The fourth-order valence-corrected chi connectivity index (χ4v) is 0.756. The normalized spacial score (nSPS) is 11.8. The van der Waals surface area contributed by atoms with Gasteiger partial charge in [0.2, 0.25) is 5.95 Å². The molecule has 1 heterocycles. The second-order valence-electron chi connectivity index (χ2n) is 3.06. The summed E-state index contributed by atoms with van der Waals surface area (Å²) in [5, 5.41) is 9.38. The molecule has 0 radical (unpaired) electrons. The highest BCUT2D eigenvalue weighted by atomic mass is 19.2. The zero-order valence-corrected chi connectivity index (χ0v) is 6.81. The predicted molar refractivity (Wildman–Crippen MR) is 39.4 cm³/mol. The molecule has 0 saturated carbocycles. The summed E-state index contributed by atoms with van der Waals surface area (Å²) >= 11 is 0. The molecule has 1 rings (SSSR count). The summed E-state index contributed by atoms with van der Waals surface area (Å²) in [6.45, 7) is 2.95. The zero-order valence-electron chi connectivity index (χ0n) is 6.81. The molecular formula is C8H9F2NO. The predicted octanol–water partition coefficient (Wildman–Crippen LogP) is 1.59. The molecule has 0 amide bonds. The Hall–Kier alpha value is -1.03. The molecule has 0 aliphatic carbocycles. The van der Waals surface area contributed by atoms with Crippen molar-refractivity contribution in [3.63, 3.8) is 0 Å². The van der Waals surface area contributed by atoms with Crippen molar-refractivity contribution in [3.8, 4) is 0 Å². The molecule has 1 aromatic rings. The lowest BCUT2D eigenvalue weighted by atomic mass is 10.0. The Balaban J connectivity index is 3.14. The van der Waals surface area contributed by atoms with Crippen molar-refractivity contribution < 1.29 is 13.9 Å². The number of aromatic nitrogens is 1. The van der Waals surface area contributed by atoms with Gasteiger partial charge in [-0.25, -0.2) is 9.37 Å². The van der Waals surface area contributed by atoms with Gasteiger partial charge in [-0.05, 0) is 19.9 Å². The zero-order chi connectivity index (χ0) is 9.35. The van der Waals surface area contributed by atoms with Gasteiger partial charge in [0.1, 0.15) is 0 Å². The minimum atomic E-state index is -1.19. The third-order valence-electron chi connectivity index (χ3n) is 1.50. The molecule has 0 unspecified atom stereocenters. The van der Waals surface area contributed by atoms with E-state index in [1.807, 2.05) is 0 Å². The van der Waals surface area contributed by atoms with Gasteiger partial charge in [0.05, 0.1) is 5.60 Å². The molecule has 0 spiro atoms. The van der Waals surface area contributed by atoms with Gasteiger partial charge in [-0.2, -0.15) is 4.39 Å². The number of nitrogens with zero attached hydrogens (tertiary/aromatic N) is 1. The molecule has 0 bridgehead atoms. The highest BCUT2D eigenvalue weighted by molar-refractivity contribution is 5.17. The second-order valence-corrected chi connectivity index (χ2v) is 3.06. The first-order chi connectivity index (χ1) is 5.41. The van der Waals surface area contributed by atoms with Gasteiger partial charge in [0.25, 0.3) is 0 Å². The number of pyridine rings is 1. The van der Waals surface area contributed by atoms with E-state index in [-0.39, 0.29) is 5.56 Å². The van der Waals surface area contributed by atoms with E-state index in [1.165, 1.54) is 13.8 Å². The van der Waals surface area contributed by atoms with E-state index in [1.54, 1.807) is 0 Å². The van der Waals surface area contributed by atoms with Crippen LogP contribution in [0.3, 0.4) is 0 Å². The van der Waals surface area contributed by atoms with Crippen LogP contribution in [0.2, 0.25) is 0 Å². The Kier molecular flexibility index (Phi) is 2.10. The van der Waals surface area contributed by atoms with Crippen LogP contribution < -0.4 is 0 Å². The highest BCUT2D eigenvalue weighted by Crippen LogP contribution is 2.19. The summed E-state index contributed by atoms with van der Waals surface area (Å²) < 4.78 is 24.9. The van der Waals surface area contributed by atoms with Crippen LogP contribution in [0.4, 0.5) is 8.78 Å². The Morgan fingerprint density at radius 2 is 2.00 bits per heavy atom. The molecule has 4 heteroatoms. The molecule has 12 heavy (non-hydrogen) atoms. The molecule has 0 aliphatic rings. The number of rotatable bonds is 1. The quantitative estimate of drug-likeness (QED) is 0.654. The molecule has 0 saturated heterocycles. The van der Waals surface area contributed by atoms with Crippen molar-refractivity contribution in [1.29, 1.82) is 0 Å². The maximum atomic E-state index is 12.6. The van der Waals surface area contributed by atoms with Crippen molar-refractivity contribution in [2.45, 2.75) is 19.4 Å². The van der Waals surface area contributed by atoms with Crippen molar-refractivity contribution >= 4 is 0 Å². The standard InChI is InChI=1S/C8H9F2NO/c1-8(2,12)5-3-6(9)7(10)11-4-5/h3-4,12H,1-2H3. The molecule has 0 aliphatic heterocycles. The first-order valence-electron chi connectivity index (χ1n) is 3.45. The lowest BCUT2D eigenvalue weighted by molar-refractivity contribution is 0.0776. The van der Waals surface area contributed by atoms with E-state index in [0.717, 1.165) is 12.3 Å². The van der Waals surface area contributed by atoms with Gasteiger partial charge < -0.3 is 5.11 Å². The topological polar surface area (TPSA) is 33.1 Å². The van der Waals surface area contributed by atoms with Crippen LogP contribution in [0.25, 0.3) is 0 Å². The van der Waals surface area contributed by atoms with Crippen LogP contribution in [-0.2, 0) is 5.60 Å². The largest absolute Gasteiger partial charge is 0.386 e. The van der Waals surface area contributed by atoms with Crippen LogP contribution in [-0.4, -0.2) is 10.1 Å². The van der Waals surface area contributed by atoms with Crippen molar-refractivity contribution in [2.24, 2.45) is 0 Å². The van der Waals surface area contributed by atoms with Gasteiger partial charge in [-0.3, -0.25) is 0 Å². The average molecular weight is 173 g/mol. The number of halogens is 2. The van der Waals surface area contributed by atoms with Gasteiger partial charge in [0, 0.05) is 11.8 Å². The fraction of sp³-hybridized carbons (Fsp3) is 0.375. The monoisotopic (exact) mass is 173 g/mol. The molecular weight excluding hydrogens is 164 g/mol. The van der Waals surface area contributed by atoms with Crippen LogP contribution in [0, 0.1) is 11.8 Å². The van der Waals surface area contributed by atoms with E-state index in [9.17, 15) is 13.9 Å². The summed E-state index contributed by atoms with van der Waals surface area (Å²) in [7, 11) is 0. The highest BCUT2D eigenvalue weighted by Gasteiger charge is 2.18. The number of hydrogen-bond donors (Lipinski definition) is 1. The van der Waals surface area contributed by atoms with Crippen LogP contribution >= 0.6 is 0 Å². The summed E-state index contributed by atoms with van der Waals surface area (Å²) in [5.74, 6) is -2.20. The summed E-state index contributed by atoms with van der Waals surface area (Å²) in [4.78, 5) is 3.14. The smallest absolute Gasteiger partial charge is 0.248 e. The van der Waals surface area contributed by atoms with Crippen molar-refractivity contribution in [2.75, 3.05) is 0 Å². The van der Waals surface area contributed by atoms with Crippen molar-refractivity contribution in [3.05, 3.63) is 29.6 Å². The number of aliphatic hydroxyl groups is 1. The maximum absolute atomic E-state index is 12.6. The van der Waals surface area contributed by atoms with E-state index in [0.29, 0.717) is 0 Å². The minimum Gasteiger partial charge on any atom is -0.386 e. The molecule has 0 fully saturated rings. The van der Waals surface area contributed by atoms with Gasteiger partial charge >= 0.3 is 0 Å². The molecule has 0 aromatic carbocycles. The maximum Gasteiger partial charge on any atom is 0.248 e. The van der Waals surface area contributed by atoms with Crippen LogP contribution in [0.15, 0.2) is 12.3 Å². The van der Waals surface area contributed by atoms with Crippen molar-refractivity contribution in [1.82, 2.24) is 4.98 Å². The third kappa shape index (κ3) is 1.76. The van der Waals surface area contributed by atoms with E-state index in [4.69, 9.17) is 0 Å². The lowest BCUT2D eigenvalue weighted by Gasteiger charge is -2.16. The van der Waals surface area contributed by atoms with E-state index in [2.05, 4.69) is 4.98 Å². The van der Waals surface area contributed by atoms with E-state index >= 15 is 0 Å². The first-order valence-corrected chi connectivity index (χ1v) is 3.45. The molecule has 0 atom stereocenters. The Labute approximate surface area is 68.9 Å². The minimum absolute atomic E-state index is 0.251. The lowest BCUT2D eigenvalue weighted by Crippen LogP contribution is -2.16. The summed E-state index contributed by atoms with van der Waals surface area (Å²) in [6, 6.07) is 0.933. The molecule has 1 aromatic heterocycles. The third-order valence-corrected chi connectivity index (χ3v) is 1.50. The first kappa shape index (κ1) is 9.06. The van der Waals surface area contributed by atoms with Crippen LogP contribution in [0.1, 0.15) is 19.4 Å². The Morgan fingerprint density at radius 3 is 2.42 bits per heavy atom. The summed E-state index contributed by atoms with van der Waals surface area (Å²) in [5.41, 5.74) is -0.942. The molecule has 66 valence electrons. The second kappa shape index (κ2) is 2.79. The Bertz CT molecular complexity index is 294. The fourth-order valence-electron chi connectivity index (χ4n) is 0.756. The molecule has 1 N–H and O–H groups in total. The van der Waals surface area contributed by atoms with Gasteiger partial charge in [-0.1, -0.05) is 0 Å². The Morgan fingerprint density at radius 1 is 1.42 bits per heavy atom. The SMILES string of the molecule is CC(C)(O)c1cnc(F)c(F)c1. The van der Waals surface area contributed by atoms with Gasteiger partial charge in [0.15, 0.2) is 5.82 Å². The molecule has 2 nitrogen and oxygen atoms in total.